The van der Waals surface area contributed by atoms with E-state index in [0.717, 1.165) is 0 Å². The summed E-state index contributed by atoms with van der Waals surface area (Å²) in [5.74, 6) is -0.659. The van der Waals surface area contributed by atoms with E-state index in [1.54, 1.807) is 29.7 Å². The molecule has 0 atom stereocenters. The zero-order chi connectivity index (χ0) is 12.1. The van der Waals surface area contributed by atoms with E-state index in [1.165, 1.54) is 6.08 Å². The average molecular weight is 259 g/mol. The van der Waals surface area contributed by atoms with Crippen LogP contribution in [0.25, 0.3) is 0 Å². The van der Waals surface area contributed by atoms with E-state index in [9.17, 15) is 9.18 Å². The van der Waals surface area contributed by atoms with Gasteiger partial charge in [0.1, 0.15) is 0 Å². The molecule has 0 saturated carbocycles. The molecule has 1 heterocycles. The van der Waals surface area contributed by atoms with Crippen molar-refractivity contribution in [3.8, 4) is 0 Å². The standard InChI is InChI=1S/C11H13FN2O.V/c1-4-8(9(12)5-2)10-11(15)14(3)7-6-13-10;/h1,4-5H,6-7H2,2-3H3;/b8-4+,9-5?;. The molecule has 0 saturated heterocycles. The summed E-state index contributed by atoms with van der Waals surface area (Å²) in [4.78, 5) is 17.4. The second-order valence-electron chi connectivity index (χ2n) is 3.32. The molecule has 3 nitrogen and oxygen atoms in total. The Morgan fingerprint density at radius 1 is 1.62 bits per heavy atom. The molecule has 0 bridgehead atoms. The maximum atomic E-state index is 13.6. The van der Waals surface area contributed by atoms with E-state index in [0.29, 0.717) is 13.1 Å². The Morgan fingerprint density at radius 3 is 2.88 bits per heavy atom. The van der Waals surface area contributed by atoms with Crippen LogP contribution in [0.1, 0.15) is 6.92 Å². The third-order valence-electron chi connectivity index (χ3n) is 2.26. The number of rotatable bonds is 3. The first kappa shape index (κ1) is 13.1. The maximum absolute atomic E-state index is 13.6. The normalized spacial score (nSPS) is 18.5. The van der Waals surface area contributed by atoms with Crippen molar-refractivity contribution in [2.24, 2.45) is 4.99 Å². The summed E-state index contributed by atoms with van der Waals surface area (Å²) < 4.78 is 15.2. The van der Waals surface area contributed by atoms with Crippen LogP contribution in [0.5, 0.6) is 0 Å². The molecule has 0 spiro atoms. The molecule has 0 aromatic carbocycles. The molecule has 1 rings (SSSR count). The molecule has 0 radical (unpaired) electrons. The number of amides is 1. The third-order valence-corrected chi connectivity index (χ3v) is 2.49. The van der Waals surface area contributed by atoms with Crippen molar-refractivity contribution in [1.29, 1.82) is 0 Å². The molecule has 0 aromatic heterocycles. The summed E-state index contributed by atoms with van der Waals surface area (Å²) in [7, 11) is 1.69. The number of nitrogens with zero attached hydrogens (tertiary/aromatic N) is 2. The van der Waals surface area contributed by atoms with Gasteiger partial charge in [-0.2, -0.15) is 0 Å². The Hall–Kier alpha value is -0.996. The van der Waals surface area contributed by atoms with Gasteiger partial charge < -0.3 is 0 Å². The van der Waals surface area contributed by atoms with Gasteiger partial charge in [0.2, 0.25) is 0 Å². The Labute approximate surface area is 103 Å². The van der Waals surface area contributed by atoms with Gasteiger partial charge in [0.05, 0.1) is 0 Å². The third kappa shape index (κ3) is 2.77. The molecule has 0 N–H and O–H groups in total. The van der Waals surface area contributed by atoms with Crippen molar-refractivity contribution >= 4 is 16.3 Å². The molecular formula is C11H13FN2OV. The molecule has 0 aromatic rings. The summed E-state index contributed by atoms with van der Waals surface area (Å²) in [6.07, 6.45) is 2.87. The van der Waals surface area contributed by atoms with Crippen molar-refractivity contribution < 1.29 is 26.2 Å². The molecule has 1 amide bonds. The average Bonchev–Trinajstić information content (AvgIpc) is 2.29. The monoisotopic (exact) mass is 259 g/mol. The molecule has 0 fully saturated rings. The van der Waals surface area contributed by atoms with Gasteiger partial charge in [0, 0.05) is 0 Å². The first-order valence-electron chi connectivity index (χ1n) is 4.92. The quantitative estimate of drug-likeness (QED) is 0.697. The van der Waals surface area contributed by atoms with Crippen molar-refractivity contribution in [2.45, 2.75) is 6.92 Å². The van der Waals surface area contributed by atoms with E-state index < -0.39 is 5.83 Å². The van der Waals surface area contributed by atoms with Crippen LogP contribution < -0.4 is 0 Å². The summed E-state index contributed by atoms with van der Waals surface area (Å²) in [5, 5.41) is 0. The van der Waals surface area contributed by atoms with Gasteiger partial charge in [-0.1, -0.05) is 0 Å². The Bertz CT molecular complexity index is 399. The topological polar surface area (TPSA) is 32.7 Å². The molecule has 1 aliphatic rings. The predicted octanol–water partition coefficient (Wildman–Crippen LogP) is 1.05. The summed E-state index contributed by atoms with van der Waals surface area (Å²) in [6.45, 7) is 2.69. The molecule has 5 heteroatoms. The number of carbonyl (C=O) groups is 1. The van der Waals surface area contributed by atoms with Gasteiger partial charge in [0.15, 0.2) is 0 Å². The van der Waals surface area contributed by atoms with Crippen molar-refractivity contribution in [3.63, 3.8) is 0 Å². The van der Waals surface area contributed by atoms with Gasteiger partial charge in [-0.15, -0.1) is 0 Å². The van der Waals surface area contributed by atoms with Crippen LogP contribution in [-0.2, 0) is 21.8 Å². The van der Waals surface area contributed by atoms with Crippen molar-refractivity contribution in [1.82, 2.24) is 4.90 Å². The first-order valence-corrected chi connectivity index (χ1v) is 5.72. The van der Waals surface area contributed by atoms with Gasteiger partial charge >= 0.3 is 103 Å². The summed E-state index contributed by atoms with van der Waals surface area (Å²) in [6, 6.07) is 0. The molecule has 0 aliphatic carbocycles. The van der Waals surface area contributed by atoms with Gasteiger partial charge in [-0.05, 0) is 0 Å². The minimum atomic E-state index is -0.426. The fraction of sp³-hybridized carbons (Fsp3) is 0.364. The second-order valence-corrected chi connectivity index (χ2v) is 3.79. The molecule has 0 unspecified atom stereocenters. The Balaban J connectivity index is 3.14. The zero-order valence-corrected chi connectivity index (χ0v) is 10.7. The van der Waals surface area contributed by atoms with E-state index in [2.05, 4.69) is 22.0 Å². The van der Waals surface area contributed by atoms with Crippen LogP contribution >= 0.6 is 0 Å². The fourth-order valence-corrected chi connectivity index (χ4v) is 1.60. The molecular weight excluding hydrogens is 246 g/mol. The zero-order valence-electron chi connectivity index (χ0n) is 9.27. The Kier molecular flexibility index (Phi) is 4.83. The molecule has 85 valence electrons. The van der Waals surface area contributed by atoms with Crippen LogP contribution in [0.15, 0.2) is 28.5 Å². The number of hydrogen-bond acceptors (Lipinski definition) is 2. The van der Waals surface area contributed by atoms with Crippen LogP contribution in [0.3, 0.4) is 0 Å². The Morgan fingerprint density at radius 2 is 2.31 bits per heavy atom. The van der Waals surface area contributed by atoms with E-state index in [1.807, 2.05) is 0 Å². The fourth-order valence-electron chi connectivity index (χ4n) is 1.36. The first-order chi connectivity index (χ1) is 7.61. The van der Waals surface area contributed by atoms with Crippen LogP contribution in [0, 0.1) is 0 Å². The SMILES string of the molecule is CC=C(F)/C(=C\[CH]=[V])C1=NCCN(C)C1=O. The molecule has 16 heavy (non-hydrogen) atoms. The number of hydrogen-bond donors (Lipinski definition) is 0. The van der Waals surface area contributed by atoms with E-state index in [4.69, 9.17) is 0 Å². The summed E-state index contributed by atoms with van der Waals surface area (Å²) in [5.41, 5.74) is 0.450. The van der Waals surface area contributed by atoms with Crippen LogP contribution in [0.4, 0.5) is 4.39 Å². The number of allylic oxidation sites excluding steroid dienone is 3. The van der Waals surface area contributed by atoms with Crippen LogP contribution in [-0.4, -0.2) is 41.4 Å². The minimum absolute atomic E-state index is 0.201. The predicted molar refractivity (Wildman–Crippen MR) is 59.0 cm³/mol. The van der Waals surface area contributed by atoms with Crippen molar-refractivity contribution in [3.05, 3.63) is 23.6 Å². The molecule has 1 aliphatic heterocycles. The van der Waals surface area contributed by atoms with Crippen molar-refractivity contribution in [2.75, 3.05) is 20.1 Å². The van der Waals surface area contributed by atoms with Crippen LogP contribution in [0.2, 0.25) is 0 Å². The number of aliphatic imine (C=N–C) groups is 1. The van der Waals surface area contributed by atoms with Gasteiger partial charge in [-0.3, -0.25) is 0 Å². The number of carbonyl (C=O) groups excluding carboxylic acids is 1. The van der Waals surface area contributed by atoms with E-state index >= 15 is 0 Å². The van der Waals surface area contributed by atoms with Gasteiger partial charge in [0.25, 0.3) is 0 Å². The number of halogens is 1. The van der Waals surface area contributed by atoms with E-state index in [-0.39, 0.29) is 17.2 Å². The number of likely N-dealkylation sites (N-methyl/N-ethyl adjacent to an activating group) is 1. The second kappa shape index (κ2) is 5.92. The summed E-state index contributed by atoms with van der Waals surface area (Å²) >= 11 is 2.21. The van der Waals surface area contributed by atoms with Gasteiger partial charge in [-0.25, -0.2) is 0 Å².